The molecule has 5 heteroatoms. The van der Waals surface area contributed by atoms with E-state index in [0.717, 1.165) is 5.82 Å². The van der Waals surface area contributed by atoms with Crippen LogP contribution in [0.5, 0.6) is 0 Å². The van der Waals surface area contributed by atoms with Gasteiger partial charge in [0.25, 0.3) is 0 Å². The van der Waals surface area contributed by atoms with Crippen molar-refractivity contribution in [3.05, 3.63) is 11.7 Å². The fourth-order valence-electron chi connectivity index (χ4n) is 2.51. The van der Waals surface area contributed by atoms with Gasteiger partial charge in [-0.2, -0.15) is 4.98 Å². The smallest absolute Gasteiger partial charge is 0.229 e. The summed E-state index contributed by atoms with van der Waals surface area (Å²) in [5.41, 5.74) is 5.59. The molecule has 0 bridgehead atoms. The van der Waals surface area contributed by atoms with Crippen LogP contribution in [0.25, 0.3) is 0 Å². The van der Waals surface area contributed by atoms with Crippen LogP contribution in [0.3, 0.4) is 0 Å². The molecule has 0 aliphatic heterocycles. The lowest BCUT2D eigenvalue weighted by atomic mass is 10.00. The van der Waals surface area contributed by atoms with Crippen LogP contribution >= 0.6 is 0 Å². The molecule has 1 aliphatic carbocycles. The van der Waals surface area contributed by atoms with E-state index in [-0.39, 0.29) is 6.10 Å². The third kappa shape index (κ3) is 3.53. The van der Waals surface area contributed by atoms with E-state index in [1.165, 1.54) is 38.5 Å². The first kappa shape index (κ1) is 13.5. The van der Waals surface area contributed by atoms with Crippen molar-refractivity contribution < 1.29 is 9.26 Å². The monoisotopic (exact) mass is 253 g/mol. The van der Waals surface area contributed by atoms with Gasteiger partial charge < -0.3 is 15.0 Å². The van der Waals surface area contributed by atoms with Crippen LogP contribution in [0, 0.1) is 0 Å². The Balaban J connectivity index is 1.96. The molecule has 0 aromatic carbocycles. The fraction of sp³-hybridized carbons (Fsp3) is 0.846. The summed E-state index contributed by atoms with van der Waals surface area (Å²) in [7, 11) is 1.65. The van der Waals surface area contributed by atoms with Crippen molar-refractivity contribution >= 4 is 0 Å². The molecule has 0 amide bonds. The molecule has 5 nitrogen and oxygen atoms in total. The van der Waals surface area contributed by atoms with Crippen LogP contribution in [0.4, 0.5) is 0 Å². The number of hydrogen-bond acceptors (Lipinski definition) is 5. The van der Waals surface area contributed by atoms with Gasteiger partial charge in [-0.25, -0.2) is 0 Å². The van der Waals surface area contributed by atoms with E-state index < -0.39 is 0 Å². The second-order valence-electron chi connectivity index (χ2n) is 5.03. The fourth-order valence-corrected chi connectivity index (χ4v) is 2.51. The highest BCUT2D eigenvalue weighted by Crippen LogP contribution is 2.29. The number of methoxy groups -OCH3 is 1. The highest BCUT2D eigenvalue weighted by molar-refractivity contribution is 4.97. The van der Waals surface area contributed by atoms with Crippen molar-refractivity contribution in [2.75, 3.05) is 13.7 Å². The molecule has 0 spiro atoms. The molecule has 102 valence electrons. The van der Waals surface area contributed by atoms with Crippen molar-refractivity contribution in [1.82, 2.24) is 10.1 Å². The molecular formula is C13H23N3O2. The topological polar surface area (TPSA) is 74.2 Å². The zero-order valence-electron chi connectivity index (χ0n) is 11.1. The van der Waals surface area contributed by atoms with E-state index in [1.54, 1.807) is 7.11 Å². The first-order chi connectivity index (χ1) is 8.83. The van der Waals surface area contributed by atoms with Gasteiger partial charge in [-0.1, -0.05) is 30.8 Å². The van der Waals surface area contributed by atoms with Gasteiger partial charge in [0.05, 0.1) is 12.5 Å². The van der Waals surface area contributed by atoms with Crippen LogP contribution in [-0.2, 0) is 11.2 Å². The van der Waals surface area contributed by atoms with E-state index >= 15 is 0 Å². The number of hydrogen-bond donors (Lipinski definition) is 1. The summed E-state index contributed by atoms with van der Waals surface area (Å²) < 4.78 is 10.5. The third-order valence-corrected chi connectivity index (χ3v) is 3.70. The zero-order chi connectivity index (χ0) is 12.8. The van der Waals surface area contributed by atoms with Gasteiger partial charge in [0.1, 0.15) is 0 Å². The minimum Gasteiger partial charge on any atom is -0.380 e. The third-order valence-electron chi connectivity index (χ3n) is 3.70. The molecule has 1 aromatic rings. The Morgan fingerprint density at radius 3 is 2.67 bits per heavy atom. The second kappa shape index (κ2) is 6.85. The van der Waals surface area contributed by atoms with Crippen LogP contribution in [0.2, 0.25) is 0 Å². The van der Waals surface area contributed by atoms with E-state index in [2.05, 4.69) is 10.1 Å². The molecule has 2 N–H and O–H groups in total. The van der Waals surface area contributed by atoms with Crippen molar-refractivity contribution in [1.29, 1.82) is 0 Å². The normalized spacial score (nSPS) is 19.7. The predicted molar refractivity (Wildman–Crippen MR) is 68.3 cm³/mol. The van der Waals surface area contributed by atoms with Gasteiger partial charge in [0, 0.05) is 19.6 Å². The van der Waals surface area contributed by atoms with Crippen LogP contribution in [-0.4, -0.2) is 29.9 Å². The lowest BCUT2D eigenvalue weighted by Crippen LogP contribution is -2.24. The Kier molecular flexibility index (Phi) is 5.13. The van der Waals surface area contributed by atoms with E-state index in [0.29, 0.717) is 24.8 Å². The van der Waals surface area contributed by atoms with E-state index in [1.807, 2.05) is 0 Å². The molecule has 1 aromatic heterocycles. The number of aromatic nitrogens is 2. The Morgan fingerprint density at radius 2 is 2.06 bits per heavy atom. The molecule has 1 fully saturated rings. The maximum Gasteiger partial charge on any atom is 0.229 e. The number of ether oxygens (including phenoxy) is 1. The Labute approximate surface area is 108 Å². The molecule has 0 saturated heterocycles. The lowest BCUT2D eigenvalue weighted by Gasteiger charge is -2.09. The van der Waals surface area contributed by atoms with Crippen LogP contribution < -0.4 is 5.73 Å². The maximum absolute atomic E-state index is 5.59. The number of nitrogens with two attached hydrogens (primary N) is 1. The van der Waals surface area contributed by atoms with Gasteiger partial charge in [-0.15, -0.1) is 0 Å². The largest absolute Gasteiger partial charge is 0.380 e. The molecule has 1 saturated carbocycles. The lowest BCUT2D eigenvalue weighted by molar-refractivity contribution is 0.102. The highest BCUT2D eigenvalue weighted by atomic mass is 16.5. The highest BCUT2D eigenvalue weighted by Gasteiger charge is 2.21. The first-order valence-corrected chi connectivity index (χ1v) is 6.88. The summed E-state index contributed by atoms with van der Waals surface area (Å²) in [6.45, 7) is 0.470. The second-order valence-corrected chi connectivity index (χ2v) is 5.03. The number of rotatable bonds is 5. The molecular weight excluding hydrogens is 230 g/mol. The Bertz CT molecular complexity index is 342. The molecule has 0 radical (unpaired) electrons. The molecule has 2 rings (SSSR count). The Hall–Kier alpha value is -0.940. The van der Waals surface area contributed by atoms with Crippen LogP contribution in [0.15, 0.2) is 4.52 Å². The van der Waals surface area contributed by atoms with Gasteiger partial charge in [0.2, 0.25) is 5.89 Å². The van der Waals surface area contributed by atoms with Crippen LogP contribution in [0.1, 0.15) is 56.2 Å². The molecule has 1 heterocycles. The first-order valence-electron chi connectivity index (χ1n) is 6.88. The maximum atomic E-state index is 5.59. The molecule has 1 atom stereocenters. The summed E-state index contributed by atoms with van der Waals surface area (Å²) >= 11 is 0. The average molecular weight is 253 g/mol. The Morgan fingerprint density at radius 1 is 1.33 bits per heavy atom. The van der Waals surface area contributed by atoms with Crippen molar-refractivity contribution in [3.8, 4) is 0 Å². The summed E-state index contributed by atoms with van der Waals surface area (Å²) in [6.07, 6.45) is 8.16. The van der Waals surface area contributed by atoms with E-state index in [4.69, 9.17) is 15.0 Å². The summed E-state index contributed by atoms with van der Waals surface area (Å²) in [4.78, 5) is 4.50. The summed E-state index contributed by atoms with van der Waals surface area (Å²) in [5, 5.41) is 4.12. The van der Waals surface area contributed by atoms with Gasteiger partial charge >= 0.3 is 0 Å². The molecule has 1 unspecified atom stereocenters. The quantitative estimate of drug-likeness (QED) is 0.813. The molecule has 18 heavy (non-hydrogen) atoms. The zero-order valence-corrected chi connectivity index (χ0v) is 11.1. The minimum atomic E-state index is -0.0348. The van der Waals surface area contributed by atoms with E-state index in [9.17, 15) is 0 Å². The van der Waals surface area contributed by atoms with Gasteiger partial charge in [-0.3, -0.25) is 0 Å². The number of nitrogens with zero attached hydrogens (tertiary/aromatic N) is 2. The van der Waals surface area contributed by atoms with Gasteiger partial charge in [-0.05, 0) is 12.8 Å². The SMILES string of the molecule is COC(CN)Cc1nc(C2CCCCCC2)no1. The summed E-state index contributed by atoms with van der Waals surface area (Å²) in [6, 6.07) is 0. The van der Waals surface area contributed by atoms with Gasteiger partial charge in [0.15, 0.2) is 5.82 Å². The average Bonchev–Trinajstić information content (AvgIpc) is 2.69. The standard InChI is InChI=1S/C13H23N3O2/c1-17-11(9-14)8-12-15-13(16-18-12)10-6-4-2-3-5-7-10/h10-11H,2-9,14H2,1H3. The van der Waals surface area contributed by atoms with Crippen molar-refractivity contribution in [2.45, 2.75) is 57.0 Å². The van der Waals surface area contributed by atoms with Crippen molar-refractivity contribution in [3.63, 3.8) is 0 Å². The minimum absolute atomic E-state index is 0.0348. The van der Waals surface area contributed by atoms with Crippen molar-refractivity contribution in [2.24, 2.45) is 5.73 Å². The molecule has 1 aliphatic rings. The predicted octanol–water partition coefficient (Wildman–Crippen LogP) is 2.02. The summed E-state index contributed by atoms with van der Waals surface area (Å²) in [5.74, 6) is 1.99.